The van der Waals surface area contributed by atoms with Crippen LogP contribution >= 0.6 is 0 Å². The minimum Gasteiger partial charge on any atom is -0.508 e. The van der Waals surface area contributed by atoms with Gasteiger partial charge in [0.15, 0.2) is 0 Å². The Hall–Kier alpha value is -1.68. The van der Waals surface area contributed by atoms with Gasteiger partial charge in [0.25, 0.3) is 0 Å². The number of phenolic OH excluding ortho intramolecular Hbond substituents is 3. The monoisotopic (exact) mass is 182 g/mol. The second kappa shape index (κ2) is 3.37. The van der Waals surface area contributed by atoms with Gasteiger partial charge in [-0.05, 0) is 0 Å². The molecule has 0 saturated carbocycles. The van der Waals surface area contributed by atoms with Crippen molar-refractivity contribution in [3.8, 4) is 17.2 Å². The number of phenols is 3. The third-order valence-electron chi connectivity index (χ3n) is 1.64. The van der Waals surface area contributed by atoms with Crippen molar-refractivity contribution in [2.24, 2.45) is 0 Å². The molecule has 0 fully saturated rings. The largest absolute Gasteiger partial charge is 0.508 e. The first-order valence-corrected chi connectivity index (χ1v) is 3.61. The van der Waals surface area contributed by atoms with E-state index in [4.69, 9.17) is 5.11 Å². The third-order valence-corrected chi connectivity index (χ3v) is 1.64. The molecular weight excluding hydrogens is 172 g/mol. The van der Waals surface area contributed by atoms with Crippen LogP contribution in [-0.2, 0) is 0 Å². The summed E-state index contributed by atoms with van der Waals surface area (Å²) in [5.41, 5.74) is -0.0622. The van der Waals surface area contributed by atoms with Gasteiger partial charge in [-0.15, -0.1) is 6.58 Å². The molecule has 70 valence electrons. The minimum atomic E-state index is -1.15. The lowest BCUT2D eigenvalue weighted by molar-refractivity contribution is 0.218. The highest BCUT2D eigenvalue weighted by molar-refractivity contribution is 5.50. The smallest absolute Gasteiger partial charge is 0.129 e. The molecule has 0 radical (unpaired) electrons. The molecule has 0 amide bonds. The van der Waals surface area contributed by atoms with Crippen LogP contribution in [0.4, 0.5) is 0 Å². The van der Waals surface area contributed by atoms with E-state index in [-0.39, 0.29) is 22.8 Å². The molecule has 1 aromatic carbocycles. The first-order valence-electron chi connectivity index (χ1n) is 3.61. The Morgan fingerprint density at radius 1 is 1.15 bits per heavy atom. The highest BCUT2D eigenvalue weighted by atomic mass is 16.3. The molecule has 0 heterocycles. The van der Waals surface area contributed by atoms with E-state index in [1.165, 1.54) is 0 Å². The van der Waals surface area contributed by atoms with Gasteiger partial charge < -0.3 is 20.4 Å². The van der Waals surface area contributed by atoms with Crippen molar-refractivity contribution in [3.05, 3.63) is 30.4 Å². The molecule has 1 unspecified atom stereocenters. The zero-order chi connectivity index (χ0) is 10.0. The normalized spacial score (nSPS) is 12.4. The third kappa shape index (κ3) is 1.73. The first kappa shape index (κ1) is 9.41. The number of aromatic hydroxyl groups is 3. The number of aliphatic hydroxyl groups is 1. The second-order valence-electron chi connectivity index (χ2n) is 2.58. The maximum absolute atomic E-state index is 9.26. The number of benzene rings is 1. The Labute approximate surface area is 75.0 Å². The molecule has 1 aromatic rings. The Kier molecular flexibility index (Phi) is 2.44. The summed E-state index contributed by atoms with van der Waals surface area (Å²) in [5.74, 6) is -1.01. The molecule has 4 heteroatoms. The summed E-state index contributed by atoms with van der Waals surface area (Å²) in [6.45, 7) is 3.31. The summed E-state index contributed by atoms with van der Waals surface area (Å²) in [5, 5.41) is 36.7. The molecule has 4 N–H and O–H groups in total. The van der Waals surface area contributed by atoms with E-state index in [9.17, 15) is 15.3 Å². The number of hydrogen-bond donors (Lipinski definition) is 4. The number of aliphatic hydroxyl groups excluding tert-OH is 1. The molecule has 13 heavy (non-hydrogen) atoms. The standard InChI is InChI=1S/C9H10O4/c1-2-6(11)9-7(12)3-5(10)4-8(9)13/h2-4,6,10-13H,1H2. The number of hydrogen-bond acceptors (Lipinski definition) is 4. The summed E-state index contributed by atoms with van der Waals surface area (Å²) in [6.07, 6.45) is 0.00633. The zero-order valence-corrected chi connectivity index (χ0v) is 6.81. The van der Waals surface area contributed by atoms with Crippen molar-refractivity contribution in [1.82, 2.24) is 0 Å². The molecular formula is C9H10O4. The molecule has 4 nitrogen and oxygen atoms in total. The lowest BCUT2D eigenvalue weighted by Gasteiger charge is -2.10. The lowest BCUT2D eigenvalue weighted by Crippen LogP contribution is -1.93. The summed E-state index contributed by atoms with van der Waals surface area (Å²) in [7, 11) is 0. The van der Waals surface area contributed by atoms with E-state index >= 15 is 0 Å². The average Bonchev–Trinajstić information content (AvgIpc) is 2.02. The Morgan fingerprint density at radius 3 is 2.00 bits per heavy atom. The van der Waals surface area contributed by atoms with Crippen molar-refractivity contribution in [2.75, 3.05) is 0 Å². The van der Waals surface area contributed by atoms with Crippen molar-refractivity contribution in [3.63, 3.8) is 0 Å². The summed E-state index contributed by atoms with van der Waals surface area (Å²) in [4.78, 5) is 0. The van der Waals surface area contributed by atoms with Crippen LogP contribution in [0.15, 0.2) is 24.8 Å². The second-order valence-corrected chi connectivity index (χ2v) is 2.58. The van der Waals surface area contributed by atoms with E-state index in [1.807, 2.05) is 0 Å². The highest BCUT2D eigenvalue weighted by Gasteiger charge is 2.15. The van der Waals surface area contributed by atoms with Crippen LogP contribution in [0.3, 0.4) is 0 Å². The van der Waals surface area contributed by atoms with Crippen LogP contribution in [0.1, 0.15) is 11.7 Å². The van der Waals surface area contributed by atoms with Crippen LogP contribution in [0.25, 0.3) is 0 Å². The number of rotatable bonds is 2. The first-order chi connectivity index (χ1) is 6.06. The molecule has 0 saturated heterocycles. The van der Waals surface area contributed by atoms with E-state index in [0.29, 0.717) is 0 Å². The maximum Gasteiger partial charge on any atom is 0.129 e. The van der Waals surface area contributed by atoms with Crippen molar-refractivity contribution in [2.45, 2.75) is 6.10 Å². The fraction of sp³-hybridized carbons (Fsp3) is 0.111. The van der Waals surface area contributed by atoms with Gasteiger partial charge in [0.2, 0.25) is 0 Å². The average molecular weight is 182 g/mol. The quantitative estimate of drug-likeness (QED) is 0.515. The van der Waals surface area contributed by atoms with Crippen LogP contribution in [0.5, 0.6) is 17.2 Å². The van der Waals surface area contributed by atoms with Gasteiger partial charge in [-0.1, -0.05) is 6.08 Å². The van der Waals surface area contributed by atoms with Gasteiger partial charge in [-0.25, -0.2) is 0 Å². The fourth-order valence-electron chi connectivity index (χ4n) is 1.03. The highest BCUT2D eigenvalue weighted by Crippen LogP contribution is 2.36. The lowest BCUT2D eigenvalue weighted by atomic mass is 10.1. The van der Waals surface area contributed by atoms with Crippen LogP contribution < -0.4 is 0 Å². The van der Waals surface area contributed by atoms with E-state index in [0.717, 1.165) is 18.2 Å². The SMILES string of the molecule is C=CC(O)c1c(O)cc(O)cc1O. The predicted molar refractivity (Wildman–Crippen MR) is 46.6 cm³/mol. The maximum atomic E-state index is 9.26. The van der Waals surface area contributed by atoms with Crippen molar-refractivity contribution < 1.29 is 20.4 Å². The molecule has 0 aromatic heterocycles. The van der Waals surface area contributed by atoms with Gasteiger partial charge in [0.05, 0.1) is 5.56 Å². The Bertz CT molecular complexity index is 309. The van der Waals surface area contributed by atoms with Gasteiger partial charge >= 0.3 is 0 Å². The molecule has 0 aliphatic carbocycles. The Morgan fingerprint density at radius 2 is 1.62 bits per heavy atom. The van der Waals surface area contributed by atoms with Crippen LogP contribution in [0.2, 0.25) is 0 Å². The predicted octanol–water partition coefficient (Wildman–Crippen LogP) is 1.02. The fourth-order valence-corrected chi connectivity index (χ4v) is 1.03. The molecule has 0 aliphatic rings. The van der Waals surface area contributed by atoms with Crippen molar-refractivity contribution >= 4 is 0 Å². The van der Waals surface area contributed by atoms with Crippen LogP contribution in [0, 0.1) is 0 Å². The van der Waals surface area contributed by atoms with E-state index < -0.39 is 6.10 Å². The minimum absolute atomic E-state index is 0.0622. The van der Waals surface area contributed by atoms with Crippen molar-refractivity contribution in [1.29, 1.82) is 0 Å². The molecule has 1 rings (SSSR count). The molecule has 0 bridgehead atoms. The van der Waals surface area contributed by atoms with Gasteiger partial charge in [-0.3, -0.25) is 0 Å². The topological polar surface area (TPSA) is 80.9 Å². The summed E-state index contributed by atoms with van der Waals surface area (Å²) in [6, 6.07) is 2.06. The molecule has 0 aliphatic heterocycles. The van der Waals surface area contributed by atoms with E-state index in [1.54, 1.807) is 0 Å². The molecule has 0 spiro atoms. The van der Waals surface area contributed by atoms with Gasteiger partial charge in [0, 0.05) is 12.1 Å². The summed E-state index contributed by atoms with van der Waals surface area (Å²) < 4.78 is 0. The zero-order valence-electron chi connectivity index (χ0n) is 6.81. The van der Waals surface area contributed by atoms with Gasteiger partial charge in [0.1, 0.15) is 23.4 Å². The van der Waals surface area contributed by atoms with Crippen LogP contribution in [-0.4, -0.2) is 20.4 Å². The van der Waals surface area contributed by atoms with Gasteiger partial charge in [-0.2, -0.15) is 0 Å². The Balaban J connectivity index is 3.28. The summed E-state index contributed by atoms with van der Waals surface area (Å²) >= 11 is 0. The molecule has 1 atom stereocenters. The van der Waals surface area contributed by atoms with E-state index in [2.05, 4.69) is 6.58 Å².